The molecule has 0 fully saturated rings. The molecule has 0 saturated carbocycles. The maximum atomic E-state index is 10.6. The van der Waals surface area contributed by atoms with E-state index in [1.807, 2.05) is 12.1 Å². The van der Waals surface area contributed by atoms with Gasteiger partial charge in [-0.3, -0.25) is 15.2 Å². The molecular formula is C15H13N5O4S. The molecule has 128 valence electrons. The highest BCUT2D eigenvalue weighted by Crippen LogP contribution is 2.30. The van der Waals surface area contributed by atoms with E-state index in [0.29, 0.717) is 27.5 Å². The average Bonchev–Trinajstić information content (AvgIpc) is 3.10. The van der Waals surface area contributed by atoms with Gasteiger partial charge in [-0.05, 0) is 30.0 Å². The normalized spacial score (nSPS) is 10.5. The Hall–Kier alpha value is -3.14. The predicted octanol–water partition coefficient (Wildman–Crippen LogP) is 2.94. The summed E-state index contributed by atoms with van der Waals surface area (Å²) in [7, 11) is 3.14. The molecule has 0 amide bonds. The Bertz CT molecular complexity index is 875. The van der Waals surface area contributed by atoms with E-state index in [-0.39, 0.29) is 5.69 Å². The van der Waals surface area contributed by atoms with Gasteiger partial charge < -0.3 is 9.47 Å². The molecule has 0 radical (unpaired) electrons. The molecule has 0 bridgehead atoms. The van der Waals surface area contributed by atoms with Gasteiger partial charge in [0.25, 0.3) is 5.69 Å². The van der Waals surface area contributed by atoms with Gasteiger partial charge in [-0.15, -0.1) is 5.10 Å². The number of hydrogen-bond acceptors (Lipinski definition) is 8. The Kier molecular flexibility index (Phi) is 4.80. The molecule has 0 aliphatic heterocycles. The molecule has 0 aliphatic carbocycles. The number of aromatic nitrogens is 4. The van der Waals surface area contributed by atoms with Crippen LogP contribution in [0.5, 0.6) is 11.5 Å². The average molecular weight is 359 g/mol. The first-order valence-corrected chi connectivity index (χ1v) is 7.85. The number of ether oxygens (including phenoxy) is 2. The van der Waals surface area contributed by atoms with E-state index in [9.17, 15) is 10.1 Å². The minimum absolute atomic E-state index is 0.0662. The summed E-state index contributed by atoms with van der Waals surface area (Å²) in [5.74, 6) is 1.82. The zero-order valence-corrected chi connectivity index (χ0v) is 14.1. The second-order valence-corrected chi connectivity index (χ2v) is 5.77. The Morgan fingerprint density at radius 2 is 1.88 bits per heavy atom. The third kappa shape index (κ3) is 3.86. The number of aromatic amines is 1. The zero-order valence-electron chi connectivity index (χ0n) is 13.3. The van der Waals surface area contributed by atoms with Crippen molar-refractivity contribution in [3.63, 3.8) is 0 Å². The Labute approximate surface area is 146 Å². The van der Waals surface area contributed by atoms with Crippen molar-refractivity contribution in [3.05, 3.63) is 46.6 Å². The van der Waals surface area contributed by atoms with Crippen molar-refractivity contribution in [2.24, 2.45) is 0 Å². The first kappa shape index (κ1) is 16.7. The molecule has 0 atom stereocenters. The summed E-state index contributed by atoms with van der Waals surface area (Å²) in [6, 6.07) is 8.31. The summed E-state index contributed by atoms with van der Waals surface area (Å²) in [4.78, 5) is 18.6. The number of pyridine rings is 1. The first-order chi connectivity index (χ1) is 12.1. The van der Waals surface area contributed by atoms with Gasteiger partial charge in [0.2, 0.25) is 5.16 Å². The molecule has 1 aromatic carbocycles. The maximum Gasteiger partial charge on any atom is 0.287 e. The molecular weight excluding hydrogens is 346 g/mol. The van der Waals surface area contributed by atoms with Gasteiger partial charge >= 0.3 is 0 Å². The summed E-state index contributed by atoms with van der Waals surface area (Å²) < 4.78 is 10.5. The van der Waals surface area contributed by atoms with E-state index in [1.54, 1.807) is 26.4 Å². The van der Waals surface area contributed by atoms with Crippen LogP contribution in [0.4, 0.5) is 5.69 Å². The number of nitro groups is 1. The topological polar surface area (TPSA) is 116 Å². The monoisotopic (exact) mass is 359 g/mol. The number of methoxy groups -OCH3 is 2. The van der Waals surface area contributed by atoms with Crippen LogP contribution in [-0.4, -0.2) is 39.3 Å². The number of nitrogens with one attached hydrogen (secondary N) is 1. The maximum absolute atomic E-state index is 10.6. The van der Waals surface area contributed by atoms with Crippen LogP contribution in [-0.2, 0) is 0 Å². The number of hydrogen-bond donors (Lipinski definition) is 1. The fraction of sp³-hybridized carbons (Fsp3) is 0.133. The van der Waals surface area contributed by atoms with Crippen LogP contribution in [0.1, 0.15) is 0 Å². The molecule has 1 N–H and O–H groups in total. The summed E-state index contributed by atoms with van der Waals surface area (Å²) in [6.45, 7) is 0. The Morgan fingerprint density at radius 3 is 2.44 bits per heavy atom. The molecule has 2 aromatic heterocycles. The lowest BCUT2D eigenvalue weighted by Crippen LogP contribution is -1.90. The van der Waals surface area contributed by atoms with Gasteiger partial charge in [-0.2, -0.15) is 0 Å². The molecule has 3 aromatic rings. The van der Waals surface area contributed by atoms with E-state index < -0.39 is 4.92 Å². The minimum Gasteiger partial charge on any atom is -0.497 e. The van der Waals surface area contributed by atoms with Gasteiger partial charge in [-0.25, -0.2) is 9.97 Å². The van der Waals surface area contributed by atoms with E-state index in [2.05, 4.69) is 20.2 Å². The minimum atomic E-state index is -0.497. The van der Waals surface area contributed by atoms with E-state index in [4.69, 9.17) is 9.47 Å². The number of benzene rings is 1. The fourth-order valence-corrected chi connectivity index (χ4v) is 2.66. The van der Waals surface area contributed by atoms with Crippen molar-refractivity contribution in [3.8, 4) is 22.9 Å². The second kappa shape index (κ2) is 7.18. The molecule has 9 nitrogen and oxygen atoms in total. The molecule has 25 heavy (non-hydrogen) atoms. The highest BCUT2D eigenvalue weighted by atomic mass is 32.2. The summed E-state index contributed by atoms with van der Waals surface area (Å²) in [5, 5.41) is 18.6. The SMILES string of the molecule is COc1cc(OC)cc(-c2nc(Sc3ccc([N+](=O)[O-])cn3)n[nH]2)c1. The highest BCUT2D eigenvalue weighted by molar-refractivity contribution is 7.99. The molecule has 0 spiro atoms. The third-order valence-electron chi connectivity index (χ3n) is 3.22. The van der Waals surface area contributed by atoms with Crippen molar-refractivity contribution in [2.45, 2.75) is 10.2 Å². The predicted molar refractivity (Wildman–Crippen MR) is 89.9 cm³/mol. The van der Waals surface area contributed by atoms with Gasteiger partial charge in [0, 0.05) is 17.7 Å². The highest BCUT2D eigenvalue weighted by Gasteiger charge is 2.12. The molecule has 2 heterocycles. The Balaban J connectivity index is 1.81. The largest absolute Gasteiger partial charge is 0.497 e. The van der Waals surface area contributed by atoms with Crippen LogP contribution in [0.3, 0.4) is 0 Å². The second-order valence-electron chi connectivity index (χ2n) is 4.78. The van der Waals surface area contributed by atoms with Crippen molar-refractivity contribution >= 4 is 17.4 Å². The quantitative estimate of drug-likeness (QED) is 0.527. The standard InChI is InChI=1S/C15H13N5O4S/c1-23-11-5-9(6-12(7-11)24-2)14-17-15(19-18-14)25-13-4-3-10(8-16-13)20(21)22/h3-8H,1-2H3,(H,17,18,19). The van der Waals surface area contributed by atoms with Crippen LogP contribution in [0.15, 0.2) is 46.7 Å². The smallest absolute Gasteiger partial charge is 0.287 e. The van der Waals surface area contributed by atoms with Crippen molar-refractivity contribution in [1.82, 2.24) is 20.2 Å². The van der Waals surface area contributed by atoms with E-state index >= 15 is 0 Å². The molecule has 3 rings (SSSR count). The van der Waals surface area contributed by atoms with Gasteiger partial charge in [-0.1, -0.05) is 0 Å². The first-order valence-electron chi connectivity index (χ1n) is 7.03. The fourth-order valence-electron chi connectivity index (χ4n) is 2.00. The summed E-state index contributed by atoms with van der Waals surface area (Å²) in [6.07, 6.45) is 1.20. The van der Waals surface area contributed by atoms with Crippen LogP contribution in [0.25, 0.3) is 11.4 Å². The van der Waals surface area contributed by atoms with Crippen LogP contribution in [0.2, 0.25) is 0 Å². The summed E-state index contributed by atoms with van der Waals surface area (Å²) >= 11 is 1.19. The zero-order chi connectivity index (χ0) is 17.8. The number of H-pyrrole nitrogens is 1. The van der Waals surface area contributed by atoms with Crippen LogP contribution in [0, 0.1) is 10.1 Å². The van der Waals surface area contributed by atoms with Crippen molar-refractivity contribution in [1.29, 1.82) is 0 Å². The third-order valence-corrected chi connectivity index (χ3v) is 4.03. The van der Waals surface area contributed by atoms with E-state index in [1.165, 1.54) is 24.0 Å². The van der Waals surface area contributed by atoms with Crippen molar-refractivity contribution in [2.75, 3.05) is 14.2 Å². The van der Waals surface area contributed by atoms with Crippen molar-refractivity contribution < 1.29 is 14.4 Å². The van der Waals surface area contributed by atoms with Crippen LogP contribution >= 0.6 is 11.8 Å². The van der Waals surface area contributed by atoms with Crippen LogP contribution < -0.4 is 9.47 Å². The molecule has 0 saturated heterocycles. The molecule has 0 aliphatic rings. The number of rotatable bonds is 6. The van der Waals surface area contributed by atoms with E-state index in [0.717, 1.165) is 5.56 Å². The molecule has 10 heteroatoms. The van der Waals surface area contributed by atoms with Gasteiger partial charge in [0.1, 0.15) is 22.7 Å². The Morgan fingerprint density at radius 1 is 1.16 bits per heavy atom. The summed E-state index contributed by atoms with van der Waals surface area (Å²) in [5.41, 5.74) is 0.690. The van der Waals surface area contributed by atoms with Gasteiger partial charge in [0.05, 0.1) is 19.1 Å². The van der Waals surface area contributed by atoms with Gasteiger partial charge in [0.15, 0.2) is 5.82 Å². The number of nitrogens with zero attached hydrogens (tertiary/aromatic N) is 4. The lowest BCUT2D eigenvalue weighted by molar-refractivity contribution is -0.385. The lowest BCUT2D eigenvalue weighted by Gasteiger charge is -2.06. The molecule has 0 unspecified atom stereocenters. The lowest BCUT2D eigenvalue weighted by atomic mass is 10.2.